The van der Waals surface area contributed by atoms with Gasteiger partial charge in [-0.05, 0) is 48.7 Å². The van der Waals surface area contributed by atoms with Crippen LogP contribution < -0.4 is 4.74 Å². The first kappa shape index (κ1) is 13.4. The average Bonchev–Trinajstić information content (AvgIpc) is 2.36. The van der Waals surface area contributed by atoms with E-state index in [1.807, 2.05) is 38.1 Å². The number of halogens is 2. The summed E-state index contributed by atoms with van der Waals surface area (Å²) in [6.45, 7) is 4.07. The van der Waals surface area contributed by atoms with Gasteiger partial charge in [-0.1, -0.05) is 15.9 Å². The summed E-state index contributed by atoms with van der Waals surface area (Å²) in [5.74, 6) is 1.80. The molecule has 0 aliphatic rings. The van der Waals surface area contributed by atoms with E-state index in [2.05, 4.69) is 20.9 Å². The Morgan fingerprint density at radius 1 is 1.22 bits per heavy atom. The van der Waals surface area contributed by atoms with Crippen LogP contribution in [-0.2, 0) is 5.88 Å². The molecule has 0 N–H and O–H groups in total. The Morgan fingerprint density at radius 2 is 1.89 bits per heavy atom. The van der Waals surface area contributed by atoms with Gasteiger partial charge in [-0.15, -0.1) is 11.6 Å². The lowest BCUT2D eigenvalue weighted by atomic mass is 10.1. The van der Waals surface area contributed by atoms with Gasteiger partial charge in [0.2, 0.25) is 5.88 Å². The number of hydrogen-bond acceptors (Lipinski definition) is 2. The first-order valence-corrected chi connectivity index (χ1v) is 6.88. The fraction of sp³-hybridized carbons (Fsp3) is 0.214. The van der Waals surface area contributed by atoms with Gasteiger partial charge in [-0.3, -0.25) is 0 Å². The molecule has 1 aromatic heterocycles. The van der Waals surface area contributed by atoms with Crippen molar-refractivity contribution in [2.75, 3.05) is 0 Å². The maximum Gasteiger partial charge on any atom is 0.219 e. The second kappa shape index (κ2) is 5.72. The van der Waals surface area contributed by atoms with Crippen molar-refractivity contribution in [3.8, 4) is 11.6 Å². The van der Waals surface area contributed by atoms with Gasteiger partial charge in [0.05, 0.1) is 0 Å². The zero-order valence-corrected chi connectivity index (χ0v) is 12.5. The molecule has 0 bridgehead atoms. The Balaban J connectivity index is 2.28. The Labute approximate surface area is 120 Å². The predicted octanol–water partition coefficient (Wildman–Crippen LogP) is 4.99. The molecule has 0 spiro atoms. The van der Waals surface area contributed by atoms with Gasteiger partial charge in [0.15, 0.2) is 0 Å². The van der Waals surface area contributed by atoms with Gasteiger partial charge in [-0.2, -0.15) is 0 Å². The Hall–Kier alpha value is -1.06. The smallest absolute Gasteiger partial charge is 0.219 e. The number of alkyl halides is 1. The van der Waals surface area contributed by atoms with E-state index in [-0.39, 0.29) is 0 Å². The summed E-state index contributed by atoms with van der Waals surface area (Å²) in [6, 6.07) is 7.68. The minimum Gasteiger partial charge on any atom is -0.439 e. The molecule has 0 unspecified atom stereocenters. The minimum absolute atomic E-state index is 0.456. The molecular weight excluding hydrogens is 314 g/mol. The number of ether oxygens (including phenoxy) is 1. The topological polar surface area (TPSA) is 22.1 Å². The van der Waals surface area contributed by atoms with Crippen LogP contribution in [-0.4, -0.2) is 4.98 Å². The van der Waals surface area contributed by atoms with E-state index in [0.29, 0.717) is 11.8 Å². The number of aryl methyl sites for hydroxylation is 2. The van der Waals surface area contributed by atoms with Crippen molar-refractivity contribution in [3.63, 3.8) is 0 Å². The van der Waals surface area contributed by atoms with E-state index < -0.39 is 0 Å². The maximum absolute atomic E-state index is 5.78. The Morgan fingerprint density at radius 3 is 2.50 bits per heavy atom. The van der Waals surface area contributed by atoms with E-state index in [1.54, 1.807) is 6.20 Å². The van der Waals surface area contributed by atoms with Crippen LogP contribution in [0.5, 0.6) is 11.6 Å². The van der Waals surface area contributed by atoms with Crippen molar-refractivity contribution in [3.05, 3.63) is 51.6 Å². The van der Waals surface area contributed by atoms with E-state index in [4.69, 9.17) is 16.3 Å². The highest BCUT2D eigenvalue weighted by Gasteiger charge is 2.05. The fourth-order valence-corrected chi connectivity index (χ4v) is 2.07. The normalized spacial score (nSPS) is 10.4. The third-order valence-corrected chi connectivity index (χ3v) is 4.15. The summed E-state index contributed by atoms with van der Waals surface area (Å²) < 4.78 is 6.86. The first-order chi connectivity index (χ1) is 8.60. The monoisotopic (exact) mass is 325 g/mol. The van der Waals surface area contributed by atoms with Gasteiger partial charge in [0, 0.05) is 22.6 Å². The lowest BCUT2D eigenvalue weighted by Crippen LogP contribution is -1.91. The van der Waals surface area contributed by atoms with E-state index in [9.17, 15) is 0 Å². The summed E-state index contributed by atoms with van der Waals surface area (Å²) in [7, 11) is 0. The van der Waals surface area contributed by atoms with Crippen LogP contribution in [0.3, 0.4) is 0 Å². The largest absolute Gasteiger partial charge is 0.439 e. The number of benzene rings is 1. The molecule has 2 nitrogen and oxygen atoms in total. The highest BCUT2D eigenvalue weighted by molar-refractivity contribution is 9.10. The second-order valence-electron chi connectivity index (χ2n) is 4.11. The van der Waals surface area contributed by atoms with Gasteiger partial charge in [-0.25, -0.2) is 4.98 Å². The molecule has 2 aromatic rings. The van der Waals surface area contributed by atoms with Gasteiger partial charge in [0.25, 0.3) is 0 Å². The van der Waals surface area contributed by atoms with Gasteiger partial charge < -0.3 is 4.74 Å². The molecule has 0 fully saturated rings. The molecule has 0 aliphatic carbocycles. The second-order valence-corrected chi connectivity index (χ2v) is 5.17. The molecule has 94 valence electrons. The Bertz CT molecular complexity index is 548. The summed E-state index contributed by atoms with van der Waals surface area (Å²) >= 11 is 9.32. The molecular formula is C14H13BrClNO. The minimum atomic E-state index is 0.456. The van der Waals surface area contributed by atoms with E-state index in [1.165, 1.54) is 0 Å². The van der Waals surface area contributed by atoms with Crippen LogP contribution in [0.2, 0.25) is 0 Å². The summed E-state index contributed by atoms with van der Waals surface area (Å²) in [6.07, 6.45) is 1.70. The summed E-state index contributed by atoms with van der Waals surface area (Å²) in [5.41, 5.74) is 3.27. The highest BCUT2D eigenvalue weighted by atomic mass is 79.9. The molecule has 1 heterocycles. The van der Waals surface area contributed by atoms with Crippen molar-refractivity contribution in [2.24, 2.45) is 0 Å². The number of aromatic nitrogens is 1. The third-order valence-electron chi connectivity index (χ3n) is 2.59. The van der Waals surface area contributed by atoms with E-state index >= 15 is 0 Å². The number of nitrogens with zero attached hydrogens (tertiary/aromatic N) is 1. The van der Waals surface area contributed by atoms with Crippen LogP contribution in [0.25, 0.3) is 0 Å². The van der Waals surface area contributed by atoms with Crippen LogP contribution in [0, 0.1) is 13.8 Å². The van der Waals surface area contributed by atoms with Crippen molar-refractivity contribution in [1.82, 2.24) is 4.98 Å². The molecule has 0 saturated carbocycles. The number of hydrogen-bond donors (Lipinski definition) is 0. The summed E-state index contributed by atoms with van der Waals surface area (Å²) in [4.78, 5) is 4.17. The lowest BCUT2D eigenvalue weighted by molar-refractivity contribution is 0.461. The standard InChI is InChI=1S/C14H13BrClNO/c1-9-5-12(6-10(2)14(9)15)18-13-7-11(8-16)3-4-17-13/h3-7H,8H2,1-2H3. The quantitative estimate of drug-likeness (QED) is 0.741. The van der Waals surface area contributed by atoms with Gasteiger partial charge >= 0.3 is 0 Å². The van der Waals surface area contributed by atoms with Crippen LogP contribution >= 0.6 is 27.5 Å². The van der Waals surface area contributed by atoms with Crippen LogP contribution in [0.15, 0.2) is 34.9 Å². The van der Waals surface area contributed by atoms with E-state index in [0.717, 1.165) is 26.9 Å². The van der Waals surface area contributed by atoms with Crippen LogP contribution in [0.1, 0.15) is 16.7 Å². The number of rotatable bonds is 3. The fourth-order valence-electron chi connectivity index (χ4n) is 1.68. The zero-order chi connectivity index (χ0) is 13.1. The summed E-state index contributed by atoms with van der Waals surface area (Å²) in [5, 5.41) is 0. The molecule has 0 saturated heterocycles. The number of pyridine rings is 1. The van der Waals surface area contributed by atoms with Crippen molar-refractivity contribution < 1.29 is 4.74 Å². The molecule has 1 aromatic carbocycles. The molecule has 0 radical (unpaired) electrons. The average molecular weight is 327 g/mol. The van der Waals surface area contributed by atoms with Crippen molar-refractivity contribution in [2.45, 2.75) is 19.7 Å². The molecule has 0 aliphatic heterocycles. The Kier molecular flexibility index (Phi) is 4.25. The lowest BCUT2D eigenvalue weighted by Gasteiger charge is -2.09. The molecule has 2 rings (SSSR count). The first-order valence-electron chi connectivity index (χ1n) is 5.55. The SMILES string of the molecule is Cc1cc(Oc2cc(CCl)ccn2)cc(C)c1Br. The third kappa shape index (κ3) is 3.03. The van der Waals surface area contributed by atoms with Crippen LogP contribution in [0.4, 0.5) is 0 Å². The predicted molar refractivity (Wildman–Crippen MR) is 77.5 cm³/mol. The highest BCUT2D eigenvalue weighted by Crippen LogP contribution is 2.29. The van der Waals surface area contributed by atoms with Crippen molar-refractivity contribution in [1.29, 1.82) is 0 Å². The van der Waals surface area contributed by atoms with Gasteiger partial charge in [0.1, 0.15) is 5.75 Å². The van der Waals surface area contributed by atoms with Crippen molar-refractivity contribution >= 4 is 27.5 Å². The maximum atomic E-state index is 5.78. The molecule has 0 amide bonds. The molecule has 4 heteroatoms. The zero-order valence-electron chi connectivity index (χ0n) is 10.2. The molecule has 0 atom stereocenters. The molecule has 18 heavy (non-hydrogen) atoms.